The van der Waals surface area contributed by atoms with E-state index in [0.717, 1.165) is 6.54 Å². The number of hydrazine groups is 1. The fourth-order valence-corrected chi connectivity index (χ4v) is 1.44. The minimum Gasteiger partial charge on any atom is -0.412 e. The summed E-state index contributed by atoms with van der Waals surface area (Å²) in [5, 5.41) is 1.85. The lowest BCUT2D eigenvalue weighted by molar-refractivity contribution is 0.216. The number of hydrogen-bond donors (Lipinski definition) is 1. The van der Waals surface area contributed by atoms with Gasteiger partial charge in [-0.25, -0.2) is 5.01 Å². The van der Waals surface area contributed by atoms with Crippen molar-refractivity contribution < 1.29 is 5.48 Å². The van der Waals surface area contributed by atoms with Crippen LogP contribution in [0.15, 0.2) is 0 Å². The van der Waals surface area contributed by atoms with Gasteiger partial charge in [-0.15, -0.1) is 0 Å². The summed E-state index contributed by atoms with van der Waals surface area (Å²) in [6.07, 6.45) is 3.75. The third-order valence-electron chi connectivity index (χ3n) is 1.47. The predicted molar refractivity (Wildman–Crippen MR) is 41.1 cm³/mol. The van der Waals surface area contributed by atoms with Gasteiger partial charge in [-0.1, -0.05) is 15.9 Å². The Morgan fingerprint density at radius 2 is 2.11 bits per heavy atom. The van der Waals surface area contributed by atoms with Gasteiger partial charge in [0.05, 0.1) is 4.95 Å². The van der Waals surface area contributed by atoms with E-state index >= 15 is 0 Å². The molecule has 1 heterocycles. The van der Waals surface area contributed by atoms with Crippen molar-refractivity contribution >= 4 is 15.9 Å². The van der Waals surface area contributed by atoms with Crippen LogP contribution >= 0.6 is 15.9 Å². The van der Waals surface area contributed by atoms with Gasteiger partial charge in [0, 0.05) is 6.54 Å². The van der Waals surface area contributed by atoms with E-state index < -0.39 is 0 Å². The van der Waals surface area contributed by atoms with Crippen LogP contribution in [0, 0.1) is 0 Å². The first-order chi connectivity index (χ1) is 3.80. The molecule has 0 bridgehead atoms. The number of nitrogens with two attached hydrogens (primary N) is 1. The topological polar surface area (TPSA) is 60.8 Å². The second-order valence-corrected chi connectivity index (χ2v) is 3.23. The molecule has 0 spiro atoms. The third kappa shape index (κ3) is 2.62. The molecule has 0 aromatic rings. The summed E-state index contributed by atoms with van der Waals surface area (Å²) in [7, 11) is 0. The van der Waals surface area contributed by atoms with E-state index in [1.54, 1.807) is 0 Å². The fourth-order valence-electron chi connectivity index (χ4n) is 0.913. The van der Waals surface area contributed by atoms with Crippen LogP contribution in [0.3, 0.4) is 0 Å². The second kappa shape index (κ2) is 4.22. The Bertz CT molecular complexity index is 71.4. The van der Waals surface area contributed by atoms with Crippen LogP contribution in [0.1, 0.15) is 19.3 Å². The zero-order chi connectivity index (χ0) is 5.98. The molecule has 0 aliphatic carbocycles. The standard InChI is InChI=1S/C5H11BrN2.H2O/c6-5-3-1-2-4-8(5)7;/h5H,1-4,7H2;1H2. The molecule has 0 radical (unpaired) electrons. The molecule has 0 saturated carbocycles. The van der Waals surface area contributed by atoms with E-state index in [9.17, 15) is 0 Å². The van der Waals surface area contributed by atoms with E-state index in [-0.39, 0.29) is 5.48 Å². The largest absolute Gasteiger partial charge is 0.412 e. The van der Waals surface area contributed by atoms with Crippen LogP contribution in [0.4, 0.5) is 0 Å². The Balaban J connectivity index is 0.000000640. The van der Waals surface area contributed by atoms with Crippen LogP contribution in [0.25, 0.3) is 0 Å². The number of nitrogens with zero attached hydrogens (tertiary/aromatic N) is 1. The highest BCUT2D eigenvalue weighted by molar-refractivity contribution is 9.09. The smallest absolute Gasteiger partial charge is 0.0791 e. The molecule has 1 atom stereocenters. The molecule has 4 heteroatoms. The van der Waals surface area contributed by atoms with Crippen molar-refractivity contribution in [1.82, 2.24) is 5.01 Å². The first kappa shape index (κ1) is 9.36. The number of halogens is 1. The normalized spacial score (nSPS) is 29.3. The van der Waals surface area contributed by atoms with Crippen LogP contribution in [0.5, 0.6) is 0 Å². The Morgan fingerprint density at radius 1 is 1.44 bits per heavy atom. The molecule has 56 valence electrons. The van der Waals surface area contributed by atoms with Gasteiger partial charge >= 0.3 is 0 Å². The summed E-state index contributed by atoms with van der Waals surface area (Å²) in [5.41, 5.74) is 0. The first-order valence-corrected chi connectivity index (χ1v) is 3.87. The van der Waals surface area contributed by atoms with Crippen molar-refractivity contribution in [2.45, 2.75) is 24.2 Å². The lowest BCUT2D eigenvalue weighted by atomic mass is 10.2. The average Bonchev–Trinajstić information content (AvgIpc) is 1.77. The maximum absolute atomic E-state index is 5.56. The fraction of sp³-hybridized carbons (Fsp3) is 1.00. The molecule has 4 N–H and O–H groups in total. The van der Waals surface area contributed by atoms with Gasteiger partial charge in [0.1, 0.15) is 0 Å². The lowest BCUT2D eigenvalue weighted by Crippen LogP contribution is -2.40. The van der Waals surface area contributed by atoms with Gasteiger partial charge in [-0.3, -0.25) is 5.84 Å². The SMILES string of the molecule is NN1CCCCC1Br.O. The minimum atomic E-state index is 0. The van der Waals surface area contributed by atoms with E-state index in [1.807, 2.05) is 5.01 Å². The van der Waals surface area contributed by atoms with Crippen molar-refractivity contribution in [1.29, 1.82) is 0 Å². The highest BCUT2D eigenvalue weighted by atomic mass is 79.9. The maximum atomic E-state index is 5.56. The molecule has 1 unspecified atom stereocenters. The molecule has 9 heavy (non-hydrogen) atoms. The molecular weight excluding hydrogens is 184 g/mol. The molecule has 1 aliphatic rings. The zero-order valence-corrected chi connectivity index (χ0v) is 6.89. The van der Waals surface area contributed by atoms with Crippen LogP contribution in [-0.2, 0) is 0 Å². The summed E-state index contributed by atoms with van der Waals surface area (Å²) in [6.45, 7) is 1.04. The van der Waals surface area contributed by atoms with Crippen LogP contribution in [0.2, 0.25) is 0 Å². The van der Waals surface area contributed by atoms with Crippen molar-refractivity contribution in [2.24, 2.45) is 5.84 Å². The van der Waals surface area contributed by atoms with E-state index in [1.165, 1.54) is 19.3 Å². The van der Waals surface area contributed by atoms with Crippen molar-refractivity contribution in [2.75, 3.05) is 6.54 Å². The van der Waals surface area contributed by atoms with Gasteiger partial charge in [0.15, 0.2) is 0 Å². The monoisotopic (exact) mass is 196 g/mol. The number of piperidine rings is 1. The molecule has 1 saturated heterocycles. The minimum absolute atomic E-state index is 0. The Hall–Kier alpha value is 0.360. The highest BCUT2D eigenvalue weighted by Crippen LogP contribution is 2.17. The molecule has 1 fully saturated rings. The average molecular weight is 197 g/mol. The molecule has 1 aliphatic heterocycles. The quantitative estimate of drug-likeness (QED) is 0.343. The van der Waals surface area contributed by atoms with Gasteiger partial charge < -0.3 is 5.48 Å². The van der Waals surface area contributed by atoms with Gasteiger partial charge in [-0.05, 0) is 19.3 Å². The molecule has 0 amide bonds. The Kier molecular flexibility index (Phi) is 4.39. The summed E-state index contributed by atoms with van der Waals surface area (Å²) >= 11 is 3.45. The molecule has 1 rings (SSSR count). The molecular formula is C5H13BrN2O. The summed E-state index contributed by atoms with van der Waals surface area (Å²) < 4.78 is 0. The zero-order valence-electron chi connectivity index (χ0n) is 5.31. The Morgan fingerprint density at radius 3 is 2.44 bits per heavy atom. The van der Waals surface area contributed by atoms with Crippen molar-refractivity contribution in [3.63, 3.8) is 0 Å². The number of hydrogen-bond acceptors (Lipinski definition) is 2. The summed E-state index contributed by atoms with van der Waals surface area (Å²) in [6, 6.07) is 0. The summed E-state index contributed by atoms with van der Waals surface area (Å²) in [5.74, 6) is 5.56. The van der Waals surface area contributed by atoms with Crippen molar-refractivity contribution in [3.8, 4) is 0 Å². The van der Waals surface area contributed by atoms with Crippen LogP contribution < -0.4 is 5.84 Å². The number of alkyl halides is 1. The predicted octanol–water partition coefficient (Wildman–Crippen LogP) is 0.242. The molecule has 0 aromatic heterocycles. The molecule has 3 nitrogen and oxygen atoms in total. The van der Waals surface area contributed by atoms with Gasteiger partial charge in [-0.2, -0.15) is 0 Å². The van der Waals surface area contributed by atoms with E-state index in [4.69, 9.17) is 5.84 Å². The van der Waals surface area contributed by atoms with Crippen molar-refractivity contribution in [3.05, 3.63) is 0 Å². The summed E-state index contributed by atoms with van der Waals surface area (Å²) in [4.78, 5) is 0.427. The van der Waals surface area contributed by atoms with Gasteiger partial charge in [0.2, 0.25) is 0 Å². The van der Waals surface area contributed by atoms with Gasteiger partial charge in [0.25, 0.3) is 0 Å². The highest BCUT2D eigenvalue weighted by Gasteiger charge is 2.14. The Labute approximate surface area is 63.6 Å². The first-order valence-electron chi connectivity index (χ1n) is 2.96. The van der Waals surface area contributed by atoms with E-state index in [0.29, 0.717) is 4.95 Å². The second-order valence-electron chi connectivity index (χ2n) is 2.17. The maximum Gasteiger partial charge on any atom is 0.0791 e. The lowest BCUT2D eigenvalue weighted by Gasteiger charge is -2.26. The number of rotatable bonds is 0. The molecule has 0 aromatic carbocycles. The third-order valence-corrected chi connectivity index (χ3v) is 2.45. The van der Waals surface area contributed by atoms with Crippen LogP contribution in [-0.4, -0.2) is 22.0 Å². The van der Waals surface area contributed by atoms with E-state index in [2.05, 4.69) is 15.9 Å².